The van der Waals surface area contributed by atoms with Gasteiger partial charge in [-0.3, -0.25) is 19.7 Å². The highest BCUT2D eigenvalue weighted by Gasteiger charge is 2.45. The van der Waals surface area contributed by atoms with Gasteiger partial charge in [-0.2, -0.15) is 5.10 Å². The summed E-state index contributed by atoms with van der Waals surface area (Å²) < 4.78 is 15.5. The lowest BCUT2D eigenvalue weighted by Crippen LogP contribution is -2.67. The third kappa shape index (κ3) is 2.66. The van der Waals surface area contributed by atoms with Gasteiger partial charge in [-0.25, -0.2) is 14.4 Å². The Morgan fingerprint density at radius 2 is 1.93 bits per heavy atom. The van der Waals surface area contributed by atoms with Crippen molar-refractivity contribution in [1.82, 2.24) is 35.3 Å². The fraction of sp³-hybridized carbons (Fsp3) is 0.647. The summed E-state index contributed by atoms with van der Waals surface area (Å²) in [5.74, 6) is 1.39. The molecule has 0 spiro atoms. The summed E-state index contributed by atoms with van der Waals surface area (Å²) in [7, 11) is 1.88. The molecule has 2 aromatic heterocycles. The van der Waals surface area contributed by atoms with Gasteiger partial charge in [0.15, 0.2) is 11.8 Å². The summed E-state index contributed by atoms with van der Waals surface area (Å²) in [6.07, 6.45) is 1.64. The van der Waals surface area contributed by atoms with Crippen LogP contribution in [-0.4, -0.2) is 75.2 Å². The van der Waals surface area contributed by atoms with Crippen LogP contribution >= 0.6 is 0 Å². The van der Waals surface area contributed by atoms with Gasteiger partial charge in [-0.05, 0) is 18.8 Å². The lowest BCUT2D eigenvalue weighted by atomic mass is 10.0. The molecule has 0 radical (unpaired) electrons. The molecule has 10 heteroatoms. The van der Waals surface area contributed by atoms with E-state index in [0.29, 0.717) is 11.8 Å². The summed E-state index contributed by atoms with van der Waals surface area (Å²) >= 11 is 0. The Balaban J connectivity index is 1.29. The Hall–Kier alpha value is -2.33. The van der Waals surface area contributed by atoms with Gasteiger partial charge >= 0.3 is 0 Å². The van der Waals surface area contributed by atoms with E-state index in [4.69, 9.17) is 0 Å². The number of aryl methyl sites for hydroxylation is 1. The Morgan fingerprint density at radius 3 is 2.63 bits per heavy atom. The lowest BCUT2D eigenvalue weighted by molar-refractivity contribution is -0.133. The van der Waals surface area contributed by atoms with Crippen LogP contribution in [0, 0.1) is 11.8 Å². The van der Waals surface area contributed by atoms with Gasteiger partial charge in [-0.15, -0.1) is 0 Å². The van der Waals surface area contributed by atoms with Crippen LogP contribution in [0.3, 0.4) is 0 Å². The Labute approximate surface area is 155 Å². The van der Waals surface area contributed by atoms with Crippen LogP contribution in [0.2, 0.25) is 0 Å². The summed E-state index contributed by atoms with van der Waals surface area (Å²) in [6, 6.07) is -0.472. The maximum absolute atomic E-state index is 13.7. The molecule has 5 unspecified atom stereocenters. The Kier molecular flexibility index (Phi) is 3.80. The predicted octanol–water partition coefficient (Wildman–Crippen LogP) is -0.539. The van der Waals surface area contributed by atoms with Crippen LogP contribution in [0.4, 0.5) is 10.2 Å². The van der Waals surface area contributed by atoms with Crippen molar-refractivity contribution in [2.45, 2.75) is 25.4 Å². The molecule has 0 aromatic carbocycles. The van der Waals surface area contributed by atoms with Crippen LogP contribution in [0.25, 0.3) is 11.0 Å². The molecule has 1 amide bonds. The van der Waals surface area contributed by atoms with Crippen molar-refractivity contribution in [3.63, 3.8) is 0 Å². The fourth-order valence-electron chi connectivity index (χ4n) is 4.63. The van der Waals surface area contributed by atoms with E-state index in [1.54, 1.807) is 17.9 Å². The van der Waals surface area contributed by atoms with Crippen molar-refractivity contribution in [3.05, 3.63) is 12.5 Å². The molecule has 5 atom stereocenters. The number of likely N-dealkylation sites (tertiary alicyclic amines) is 1. The molecule has 144 valence electrons. The van der Waals surface area contributed by atoms with Crippen molar-refractivity contribution in [1.29, 1.82) is 0 Å². The average molecular weight is 374 g/mol. The molecule has 3 aliphatic rings. The van der Waals surface area contributed by atoms with E-state index in [1.807, 2.05) is 13.2 Å². The summed E-state index contributed by atoms with van der Waals surface area (Å²) in [6.45, 7) is 5.26. The van der Waals surface area contributed by atoms with Crippen molar-refractivity contribution in [3.8, 4) is 0 Å². The first-order valence-electron chi connectivity index (χ1n) is 9.33. The second kappa shape index (κ2) is 6.10. The molecule has 0 bridgehead atoms. The number of amides is 1. The molecule has 5 heterocycles. The molecule has 27 heavy (non-hydrogen) atoms. The summed E-state index contributed by atoms with van der Waals surface area (Å²) in [4.78, 5) is 25.1. The fourth-order valence-corrected chi connectivity index (χ4v) is 4.63. The number of rotatable bonds is 2. The molecular formula is C17H23FN8O. The number of fused-ring (bicyclic) bond motifs is 2. The van der Waals surface area contributed by atoms with Gasteiger partial charge in [0, 0.05) is 39.3 Å². The van der Waals surface area contributed by atoms with E-state index in [0.717, 1.165) is 43.0 Å². The van der Waals surface area contributed by atoms with Crippen molar-refractivity contribution in [2.24, 2.45) is 18.9 Å². The third-order valence-corrected chi connectivity index (χ3v) is 6.08. The van der Waals surface area contributed by atoms with Gasteiger partial charge in [0.05, 0.1) is 11.6 Å². The highest BCUT2D eigenvalue weighted by atomic mass is 19.1. The Bertz CT molecular complexity index is 873. The topological polar surface area (TPSA) is 91.2 Å². The minimum absolute atomic E-state index is 0.289. The van der Waals surface area contributed by atoms with Crippen LogP contribution in [0.1, 0.15) is 6.92 Å². The maximum Gasteiger partial charge on any atom is 0.258 e. The number of hydrogen-bond donors (Lipinski definition) is 2. The first-order chi connectivity index (χ1) is 13.0. The number of carbonyl (C=O) groups is 1. The van der Waals surface area contributed by atoms with Crippen molar-refractivity contribution in [2.75, 3.05) is 31.1 Å². The number of anilines is 1. The second-order valence-corrected chi connectivity index (χ2v) is 7.85. The number of aromatic nitrogens is 4. The molecule has 3 fully saturated rings. The highest BCUT2D eigenvalue weighted by molar-refractivity contribution is 5.86. The molecular weight excluding hydrogens is 351 g/mol. The SMILES string of the molecule is CC1NC(N2CC3CN(c4ncnc5c4cnn5C)CC3C2)NC(=O)C1F. The van der Waals surface area contributed by atoms with Gasteiger partial charge in [0.1, 0.15) is 18.4 Å². The van der Waals surface area contributed by atoms with Gasteiger partial charge in [0.2, 0.25) is 0 Å². The number of carbonyl (C=O) groups excluding carboxylic acids is 1. The van der Waals surface area contributed by atoms with Crippen LogP contribution < -0.4 is 15.5 Å². The average Bonchev–Trinajstić information content (AvgIpc) is 3.32. The number of nitrogens with one attached hydrogen (secondary N) is 2. The summed E-state index contributed by atoms with van der Waals surface area (Å²) in [5.41, 5.74) is 0.836. The minimum atomic E-state index is -1.49. The molecule has 5 rings (SSSR count). The highest BCUT2D eigenvalue weighted by Crippen LogP contribution is 2.35. The first kappa shape index (κ1) is 16.8. The zero-order valence-corrected chi connectivity index (χ0v) is 15.3. The zero-order valence-electron chi connectivity index (χ0n) is 15.3. The second-order valence-electron chi connectivity index (χ2n) is 7.85. The van der Waals surface area contributed by atoms with E-state index >= 15 is 0 Å². The van der Waals surface area contributed by atoms with Gasteiger partial charge in [0.25, 0.3) is 5.91 Å². The third-order valence-electron chi connectivity index (χ3n) is 6.08. The first-order valence-corrected chi connectivity index (χ1v) is 9.33. The monoisotopic (exact) mass is 374 g/mol. The smallest absolute Gasteiger partial charge is 0.258 e. The van der Waals surface area contributed by atoms with Gasteiger partial charge < -0.3 is 10.2 Å². The van der Waals surface area contributed by atoms with Crippen molar-refractivity contribution < 1.29 is 9.18 Å². The minimum Gasteiger partial charge on any atom is -0.355 e. The number of halogens is 1. The van der Waals surface area contributed by atoms with Gasteiger partial charge in [-0.1, -0.05) is 0 Å². The maximum atomic E-state index is 13.7. The number of alkyl halides is 1. The normalized spacial score (nSPS) is 34.3. The summed E-state index contributed by atoms with van der Waals surface area (Å²) in [5, 5.41) is 11.2. The van der Waals surface area contributed by atoms with E-state index < -0.39 is 18.1 Å². The number of hydrogen-bond acceptors (Lipinski definition) is 7. The van der Waals surface area contributed by atoms with E-state index in [2.05, 4.69) is 35.5 Å². The predicted molar refractivity (Wildman–Crippen MR) is 96.5 cm³/mol. The molecule has 0 saturated carbocycles. The molecule has 3 saturated heterocycles. The van der Waals surface area contributed by atoms with Crippen LogP contribution in [0.5, 0.6) is 0 Å². The van der Waals surface area contributed by atoms with E-state index in [-0.39, 0.29) is 6.29 Å². The molecule has 2 aromatic rings. The molecule has 3 aliphatic heterocycles. The van der Waals surface area contributed by atoms with Crippen LogP contribution in [0.15, 0.2) is 12.5 Å². The quantitative estimate of drug-likeness (QED) is 0.730. The van der Waals surface area contributed by atoms with E-state index in [1.165, 1.54) is 0 Å². The Morgan fingerprint density at radius 1 is 1.19 bits per heavy atom. The van der Waals surface area contributed by atoms with Crippen molar-refractivity contribution >= 4 is 22.8 Å². The molecule has 0 aliphatic carbocycles. The molecule has 9 nitrogen and oxygen atoms in total. The molecule has 2 N–H and O–H groups in total. The zero-order chi connectivity index (χ0) is 18.7. The number of nitrogens with zero attached hydrogens (tertiary/aromatic N) is 6. The standard InChI is InChI=1S/C17H23FN8O/c1-9-13(18)16(27)23-17(22-9)26-6-10-4-25(5-11(10)7-26)15-12-3-21-24(2)14(12)19-8-20-15/h3,8-11,13,17,22H,4-7H2,1-2H3,(H,23,27). The van der Waals surface area contributed by atoms with Crippen LogP contribution in [-0.2, 0) is 11.8 Å². The lowest BCUT2D eigenvalue weighted by Gasteiger charge is -2.37. The van der Waals surface area contributed by atoms with E-state index in [9.17, 15) is 9.18 Å². The largest absolute Gasteiger partial charge is 0.355 e.